The van der Waals surface area contributed by atoms with Gasteiger partial charge < -0.3 is 41.0 Å². The van der Waals surface area contributed by atoms with E-state index >= 15 is 0 Å². The summed E-state index contributed by atoms with van der Waals surface area (Å²) in [6, 6.07) is -1.04. The summed E-state index contributed by atoms with van der Waals surface area (Å²) < 4.78 is 11.2. The molecule has 0 aromatic carbocycles. The lowest BCUT2D eigenvalue weighted by Gasteiger charge is -2.36. The molecule has 0 fully saturated rings. The zero-order valence-electron chi connectivity index (χ0n) is 43.7. The molecular weight excluding hydrogens is 921 g/mol. The summed E-state index contributed by atoms with van der Waals surface area (Å²) in [6.45, 7) is 19.9. The normalized spacial score (nSPS) is 19.0. The van der Waals surface area contributed by atoms with Gasteiger partial charge in [0.2, 0.25) is 0 Å². The number of carboxylic acid groups (broad SMARTS) is 2. The van der Waals surface area contributed by atoms with Gasteiger partial charge in [0.25, 0.3) is 0 Å². The van der Waals surface area contributed by atoms with Crippen molar-refractivity contribution in [1.82, 2.24) is 21.3 Å². The Bertz CT molecular complexity index is 2200. The molecule has 6 N–H and O–H groups in total. The third-order valence-electron chi connectivity index (χ3n) is 11.8. The highest BCUT2D eigenvalue weighted by atomic mass is 16.6. The molecule has 0 heterocycles. The summed E-state index contributed by atoms with van der Waals surface area (Å²) in [4.78, 5) is 96.2. The van der Waals surface area contributed by atoms with Gasteiger partial charge in [-0.25, -0.2) is 9.59 Å². The molecule has 0 aromatic rings. The Kier molecular flexibility index (Phi) is 25.9. The van der Waals surface area contributed by atoms with Gasteiger partial charge in [-0.2, -0.15) is 0 Å². The number of carbonyl (C=O) groups excluding carboxylic acids is 6. The van der Waals surface area contributed by atoms with Crippen LogP contribution in [0.2, 0.25) is 0 Å². The fourth-order valence-electron chi connectivity index (χ4n) is 7.75. The van der Waals surface area contributed by atoms with Gasteiger partial charge >= 0.3 is 35.9 Å². The highest BCUT2D eigenvalue weighted by Gasteiger charge is 2.41. The summed E-state index contributed by atoms with van der Waals surface area (Å²) in [5.41, 5.74) is 6.04. The monoisotopic (exact) mass is 997 g/mol. The van der Waals surface area contributed by atoms with Crippen LogP contribution in [-0.2, 0) is 38.2 Å². The Morgan fingerprint density at radius 1 is 0.514 bits per heavy atom. The van der Waals surface area contributed by atoms with Gasteiger partial charge in [0.1, 0.15) is 0 Å². The molecule has 0 saturated carbocycles. The number of amides is 4. The van der Waals surface area contributed by atoms with Crippen molar-refractivity contribution in [3.05, 3.63) is 130 Å². The van der Waals surface area contributed by atoms with Crippen LogP contribution in [-0.4, -0.2) is 96.1 Å². The van der Waals surface area contributed by atoms with Crippen molar-refractivity contribution in [3.8, 4) is 0 Å². The highest BCUT2D eigenvalue weighted by molar-refractivity contribution is 6.02. The lowest BCUT2D eigenvalue weighted by Crippen LogP contribution is -2.39. The maximum Gasteiger partial charge on any atom is 0.314 e. The highest BCUT2D eigenvalue weighted by Crippen LogP contribution is 2.42. The van der Waals surface area contributed by atoms with E-state index in [9.17, 15) is 38.4 Å². The minimum Gasteiger partial charge on any atom is -0.481 e. The van der Waals surface area contributed by atoms with E-state index in [2.05, 4.69) is 21.3 Å². The van der Waals surface area contributed by atoms with E-state index in [-0.39, 0.29) is 63.4 Å². The first-order valence-electron chi connectivity index (χ1n) is 24.3. The smallest absolute Gasteiger partial charge is 0.314 e. The Morgan fingerprint density at radius 3 is 1.18 bits per heavy atom. The molecule has 0 spiro atoms. The number of esters is 2. The average molecular weight is 997 g/mol. The van der Waals surface area contributed by atoms with Crippen LogP contribution in [0.4, 0.5) is 9.59 Å². The number of nitrogens with one attached hydrogen (secondary N) is 4. The number of aliphatic carboxylic acids is 2. The number of Topliss-reactive ketones (excluding diaryl/α,β-unsaturated/α-hetero) is 2. The van der Waals surface area contributed by atoms with E-state index in [0.717, 1.165) is 33.4 Å². The van der Waals surface area contributed by atoms with E-state index in [1.807, 2.05) is 140 Å². The quantitative estimate of drug-likeness (QED) is 0.0270. The van der Waals surface area contributed by atoms with E-state index in [4.69, 9.17) is 19.7 Å². The van der Waals surface area contributed by atoms with Crippen LogP contribution in [0, 0.1) is 10.8 Å². The molecule has 0 aliphatic heterocycles. The van der Waals surface area contributed by atoms with Gasteiger partial charge in [0.05, 0.1) is 12.8 Å². The molecule has 2 aliphatic rings. The SMILES string of the molecule is CC1=C(/C=C/C(C)=C/C=C/C(C)=C/C=C/C=C(C)/C=C/C=C(C)/C=C/C2=C(C)C(=O)C(OC(=O)CCCNC(=O)NCCC(=O)O)CC2(C)C)C(C)(C)CC(OC(=O)CCCNC(=O)NCCC(=O)O)C1=O. The van der Waals surface area contributed by atoms with Gasteiger partial charge in [-0.3, -0.25) is 28.8 Å². The first kappa shape index (κ1) is 61.0. The first-order chi connectivity index (χ1) is 33.8. The molecule has 0 saturated heterocycles. The van der Waals surface area contributed by atoms with Crippen LogP contribution < -0.4 is 21.3 Å². The number of allylic oxidation sites excluding steroid dienone is 20. The molecule has 392 valence electrons. The Hall–Kier alpha value is -7.10. The largest absolute Gasteiger partial charge is 0.481 e. The second kappa shape index (κ2) is 30.6. The minimum absolute atomic E-state index is 0.00308. The van der Waals surface area contributed by atoms with Gasteiger partial charge in [-0.1, -0.05) is 135 Å². The van der Waals surface area contributed by atoms with E-state index in [0.29, 0.717) is 36.8 Å². The van der Waals surface area contributed by atoms with Crippen molar-refractivity contribution in [2.75, 3.05) is 26.2 Å². The summed E-state index contributed by atoms with van der Waals surface area (Å²) in [5, 5.41) is 27.3. The van der Waals surface area contributed by atoms with Gasteiger partial charge in [0.15, 0.2) is 23.8 Å². The number of ketones is 2. The van der Waals surface area contributed by atoms with Crippen LogP contribution >= 0.6 is 0 Å². The Morgan fingerprint density at radius 2 is 0.833 bits per heavy atom. The van der Waals surface area contributed by atoms with Crippen molar-refractivity contribution < 1.29 is 58.0 Å². The predicted molar refractivity (Wildman–Crippen MR) is 278 cm³/mol. The van der Waals surface area contributed by atoms with Crippen molar-refractivity contribution >= 4 is 47.5 Å². The minimum atomic E-state index is -1.02. The molecule has 0 bridgehead atoms. The van der Waals surface area contributed by atoms with Crippen LogP contribution in [0.5, 0.6) is 0 Å². The average Bonchev–Trinajstić information content (AvgIpc) is 3.28. The summed E-state index contributed by atoms with van der Waals surface area (Å²) in [7, 11) is 0. The van der Waals surface area contributed by atoms with E-state index in [1.54, 1.807) is 13.8 Å². The van der Waals surface area contributed by atoms with Crippen molar-refractivity contribution in [1.29, 1.82) is 0 Å². The van der Waals surface area contributed by atoms with Crippen molar-refractivity contribution in [2.45, 2.75) is 133 Å². The molecule has 4 amide bonds. The maximum absolute atomic E-state index is 13.3. The number of ether oxygens (including phenoxy) is 2. The lowest BCUT2D eigenvalue weighted by molar-refractivity contribution is -0.156. The van der Waals surface area contributed by atoms with Crippen LogP contribution in [0.25, 0.3) is 0 Å². The van der Waals surface area contributed by atoms with Crippen molar-refractivity contribution in [3.63, 3.8) is 0 Å². The first-order valence-corrected chi connectivity index (χ1v) is 24.3. The third kappa shape index (κ3) is 23.2. The molecule has 2 atom stereocenters. The number of carboxylic acids is 2. The molecule has 0 radical (unpaired) electrons. The number of hydrogen-bond donors (Lipinski definition) is 6. The molecule has 2 rings (SSSR count). The topological polar surface area (TPSA) is 244 Å². The van der Waals surface area contributed by atoms with E-state index in [1.165, 1.54) is 0 Å². The number of rotatable bonds is 26. The Balaban J connectivity index is 1.88. The van der Waals surface area contributed by atoms with Crippen molar-refractivity contribution in [2.24, 2.45) is 10.8 Å². The predicted octanol–water partition coefficient (Wildman–Crippen LogP) is 9.12. The fourth-order valence-corrected chi connectivity index (χ4v) is 7.75. The van der Waals surface area contributed by atoms with E-state index < -0.39 is 59.0 Å². The maximum atomic E-state index is 13.3. The fraction of sp³-hybridized carbons (Fsp3) is 0.464. The molecular formula is C56H76N4O12. The standard InChI is InChI=1S/C56H76N4O12/c1-37(19-13-21-39(3)25-27-43-41(5)51(67)45(35-55(43,7)8)71-49(65)23-15-31-57-53(69)59-33-29-47(61)62)17-11-12-18-38(2)20-14-22-40(4)26-28-44-42(6)52(68)46(36-56(44,9)10)72-50(66)24-16-32-58-54(70)60-34-30-48(63)64/h11-14,17-22,25-28,45-46H,15-16,23-24,29-36H2,1-10H3,(H,61,62)(H,63,64)(H2,57,59,69)(H2,58,60,70)/b12-11+,19-13+,20-14+,27-25+,28-26+,37-17+,38-18+,39-21+,40-22+. The lowest BCUT2D eigenvalue weighted by atomic mass is 9.71. The molecule has 0 aromatic heterocycles. The zero-order valence-corrected chi connectivity index (χ0v) is 43.7. The number of urea groups is 2. The van der Waals surface area contributed by atoms with Gasteiger partial charge in [-0.15, -0.1) is 0 Å². The molecule has 16 heteroatoms. The number of carbonyl (C=O) groups is 8. The molecule has 2 unspecified atom stereocenters. The van der Waals surface area contributed by atoms with Gasteiger partial charge in [-0.05, 0) is 87.5 Å². The Labute approximate surface area is 425 Å². The van der Waals surface area contributed by atoms with Crippen LogP contribution in [0.3, 0.4) is 0 Å². The summed E-state index contributed by atoms with van der Waals surface area (Å²) in [6.07, 6.45) is 26.8. The van der Waals surface area contributed by atoms with Crippen LogP contribution in [0.15, 0.2) is 130 Å². The molecule has 2 aliphatic carbocycles. The number of hydrogen-bond acceptors (Lipinski definition) is 10. The second-order valence-electron chi connectivity index (χ2n) is 19.2. The summed E-state index contributed by atoms with van der Waals surface area (Å²) >= 11 is 0. The van der Waals surface area contributed by atoms with Gasteiger partial charge in [0, 0.05) is 51.9 Å². The third-order valence-corrected chi connectivity index (χ3v) is 11.8. The van der Waals surface area contributed by atoms with Crippen LogP contribution in [0.1, 0.15) is 121 Å². The molecule has 16 nitrogen and oxygen atoms in total. The second-order valence-corrected chi connectivity index (χ2v) is 19.2. The summed E-state index contributed by atoms with van der Waals surface area (Å²) in [5.74, 6) is -3.56. The molecule has 72 heavy (non-hydrogen) atoms. The zero-order chi connectivity index (χ0) is 54.0.